The van der Waals surface area contributed by atoms with E-state index in [4.69, 9.17) is 0 Å². The lowest BCUT2D eigenvalue weighted by molar-refractivity contribution is -0.137. The molecule has 0 atom stereocenters. The molecule has 27 heavy (non-hydrogen) atoms. The van der Waals surface area contributed by atoms with Crippen LogP contribution < -0.4 is 10.5 Å². The first-order valence-electron chi connectivity index (χ1n) is 9.77. The molecule has 0 bridgehead atoms. The van der Waals surface area contributed by atoms with Gasteiger partial charge in [0.15, 0.2) is 0 Å². The maximum absolute atomic E-state index is 13.5. The third kappa shape index (κ3) is 4.28. The van der Waals surface area contributed by atoms with Crippen molar-refractivity contribution < 1.29 is 13.2 Å². The summed E-state index contributed by atoms with van der Waals surface area (Å²) in [7, 11) is -2.52. The summed E-state index contributed by atoms with van der Waals surface area (Å²) in [5, 5.41) is 1.89. The van der Waals surface area contributed by atoms with E-state index in [0.717, 1.165) is 35.3 Å². The number of nitrogens with zero attached hydrogens (tertiary/aromatic N) is 1. The van der Waals surface area contributed by atoms with Crippen molar-refractivity contribution in [2.75, 3.05) is 0 Å². The van der Waals surface area contributed by atoms with Crippen LogP contribution in [0, 0.1) is 0 Å². The molecule has 0 aliphatic carbocycles. The van der Waals surface area contributed by atoms with Gasteiger partial charge in [-0.1, -0.05) is 53.2 Å². The summed E-state index contributed by atoms with van der Waals surface area (Å²) < 4.78 is 40.6. The second kappa shape index (κ2) is 8.59. The fourth-order valence-electron chi connectivity index (χ4n) is 4.35. The van der Waals surface area contributed by atoms with E-state index < -0.39 is 19.8 Å². The van der Waals surface area contributed by atoms with Gasteiger partial charge in [0.25, 0.3) is 0 Å². The predicted molar refractivity (Wildman–Crippen MR) is 110 cm³/mol. The van der Waals surface area contributed by atoms with Crippen molar-refractivity contribution >= 4 is 18.6 Å². The van der Waals surface area contributed by atoms with Gasteiger partial charge in [0.2, 0.25) is 0 Å². The van der Waals surface area contributed by atoms with Crippen LogP contribution in [0.2, 0.25) is 11.1 Å². The van der Waals surface area contributed by atoms with Gasteiger partial charge in [-0.3, -0.25) is 4.98 Å². The summed E-state index contributed by atoms with van der Waals surface area (Å²) in [5.74, 6) is 0. The summed E-state index contributed by atoms with van der Waals surface area (Å²) in [6.45, 7) is 10.7. The molecule has 0 N–H and O–H groups in total. The van der Waals surface area contributed by atoms with Crippen LogP contribution in [-0.2, 0) is 12.6 Å². The standard InChI is InChI=1S/C22H30F3NSi/c1-6-7-10-18-12-13-19(22(23,24)25)15-20(18)27(16(2)3,17(4)5)21-11-8-9-14-26-21/h8-9,11-17H,6-7,10H2,1-5H3. The molecule has 2 aromatic rings. The minimum atomic E-state index is -4.34. The minimum Gasteiger partial charge on any atom is -0.266 e. The molecule has 1 aromatic carbocycles. The van der Waals surface area contributed by atoms with Gasteiger partial charge >= 0.3 is 6.18 Å². The third-order valence-corrected chi connectivity index (χ3v) is 11.7. The normalized spacial score (nSPS) is 12.8. The van der Waals surface area contributed by atoms with Crippen molar-refractivity contribution in [3.05, 3.63) is 53.7 Å². The maximum Gasteiger partial charge on any atom is 0.416 e. The molecule has 1 aromatic heterocycles. The number of unbranched alkanes of at least 4 members (excludes halogenated alkanes) is 1. The zero-order valence-electron chi connectivity index (χ0n) is 16.9. The Hall–Kier alpha value is -1.62. The van der Waals surface area contributed by atoms with Crippen LogP contribution in [0.5, 0.6) is 0 Å². The fraction of sp³-hybridized carbons (Fsp3) is 0.500. The highest BCUT2D eigenvalue weighted by molar-refractivity contribution is 7.03. The highest BCUT2D eigenvalue weighted by atomic mass is 28.3. The van der Waals surface area contributed by atoms with E-state index in [-0.39, 0.29) is 11.1 Å². The van der Waals surface area contributed by atoms with E-state index in [0.29, 0.717) is 0 Å². The lowest BCUT2D eigenvalue weighted by Crippen LogP contribution is -2.64. The highest BCUT2D eigenvalue weighted by Gasteiger charge is 2.47. The van der Waals surface area contributed by atoms with Crippen molar-refractivity contribution in [2.45, 2.75) is 71.1 Å². The number of hydrogen-bond acceptors (Lipinski definition) is 1. The quantitative estimate of drug-likeness (QED) is 0.540. The van der Waals surface area contributed by atoms with Crippen LogP contribution in [0.1, 0.15) is 58.6 Å². The SMILES string of the molecule is CCCCc1ccc(C(F)(F)F)cc1[Si](c1ccccn1)(C(C)C)C(C)C. The van der Waals surface area contributed by atoms with Gasteiger partial charge in [-0.2, -0.15) is 13.2 Å². The second-order valence-electron chi connectivity index (χ2n) is 7.87. The maximum atomic E-state index is 13.5. The first-order chi connectivity index (χ1) is 12.7. The second-order valence-corrected chi connectivity index (χ2v) is 13.0. The number of benzene rings is 1. The van der Waals surface area contributed by atoms with Crippen molar-refractivity contribution in [3.63, 3.8) is 0 Å². The number of pyridine rings is 1. The third-order valence-electron chi connectivity index (χ3n) is 5.59. The van der Waals surface area contributed by atoms with Gasteiger partial charge in [-0.25, -0.2) is 0 Å². The van der Waals surface area contributed by atoms with Crippen molar-refractivity contribution in [1.82, 2.24) is 4.98 Å². The summed E-state index contributed by atoms with van der Waals surface area (Å²) in [5.41, 5.74) is 0.976. The zero-order chi connectivity index (χ0) is 20.2. The Bertz CT molecular complexity index is 731. The molecule has 0 fully saturated rings. The molecule has 1 heterocycles. The molecule has 0 spiro atoms. The number of hydrogen-bond donors (Lipinski definition) is 0. The highest BCUT2D eigenvalue weighted by Crippen LogP contribution is 2.35. The molecule has 5 heteroatoms. The monoisotopic (exact) mass is 393 g/mol. The van der Waals surface area contributed by atoms with Gasteiger partial charge in [-0.15, -0.1) is 0 Å². The van der Waals surface area contributed by atoms with Crippen molar-refractivity contribution in [3.8, 4) is 0 Å². The lowest BCUT2D eigenvalue weighted by atomic mass is 10.1. The Labute approximate surface area is 162 Å². The van der Waals surface area contributed by atoms with E-state index >= 15 is 0 Å². The molecular formula is C22H30F3NSi. The van der Waals surface area contributed by atoms with Crippen LogP contribution >= 0.6 is 0 Å². The molecule has 0 unspecified atom stereocenters. The predicted octanol–water partition coefficient (Wildman–Crippen LogP) is 5.83. The van der Waals surface area contributed by atoms with Crippen LogP contribution in [0.15, 0.2) is 42.6 Å². The van der Waals surface area contributed by atoms with E-state index in [1.807, 2.05) is 18.2 Å². The molecule has 1 nitrogen and oxygen atoms in total. The summed E-state index contributed by atoms with van der Waals surface area (Å²) in [6.07, 6.45) is 0.228. The molecule has 0 saturated carbocycles. The average molecular weight is 394 g/mol. The number of aromatic nitrogens is 1. The Balaban J connectivity index is 2.84. The lowest BCUT2D eigenvalue weighted by Gasteiger charge is -2.41. The van der Waals surface area contributed by atoms with Crippen LogP contribution in [0.3, 0.4) is 0 Å². The summed E-state index contributed by atoms with van der Waals surface area (Å²) >= 11 is 0. The molecule has 0 amide bonds. The molecule has 0 saturated heterocycles. The zero-order valence-corrected chi connectivity index (χ0v) is 17.9. The first-order valence-corrected chi connectivity index (χ1v) is 11.9. The van der Waals surface area contributed by atoms with Gasteiger partial charge in [0, 0.05) is 11.5 Å². The van der Waals surface area contributed by atoms with Crippen molar-refractivity contribution in [1.29, 1.82) is 0 Å². The largest absolute Gasteiger partial charge is 0.416 e. The van der Waals surface area contributed by atoms with Crippen LogP contribution in [0.25, 0.3) is 0 Å². The molecular weight excluding hydrogens is 363 g/mol. The molecule has 148 valence electrons. The number of halogens is 3. The Morgan fingerprint density at radius 1 is 1.00 bits per heavy atom. The number of alkyl halides is 3. The Morgan fingerprint density at radius 3 is 2.15 bits per heavy atom. The van der Waals surface area contributed by atoms with Gasteiger partial charge in [0.1, 0.15) is 8.07 Å². The first kappa shape index (κ1) is 21.7. The van der Waals surface area contributed by atoms with E-state index in [1.165, 1.54) is 12.1 Å². The topological polar surface area (TPSA) is 12.9 Å². The van der Waals surface area contributed by atoms with Gasteiger partial charge in [-0.05, 0) is 58.9 Å². The fourth-order valence-corrected chi connectivity index (χ4v) is 10.2. The Morgan fingerprint density at radius 2 is 1.67 bits per heavy atom. The Kier molecular flexibility index (Phi) is 6.90. The van der Waals surface area contributed by atoms with E-state index in [2.05, 4.69) is 39.6 Å². The summed E-state index contributed by atoms with van der Waals surface area (Å²) in [4.78, 5) is 4.66. The smallest absolute Gasteiger partial charge is 0.266 e. The van der Waals surface area contributed by atoms with E-state index in [9.17, 15) is 13.2 Å². The number of rotatable bonds is 7. The average Bonchev–Trinajstić information content (AvgIpc) is 2.60. The van der Waals surface area contributed by atoms with Crippen LogP contribution in [-0.4, -0.2) is 13.1 Å². The van der Waals surface area contributed by atoms with Crippen LogP contribution in [0.4, 0.5) is 13.2 Å². The summed E-state index contributed by atoms with van der Waals surface area (Å²) in [6, 6.07) is 10.2. The minimum absolute atomic E-state index is 0.233. The van der Waals surface area contributed by atoms with E-state index in [1.54, 1.807) is 12.3 Å². The van der Waals surface area contributed by atoms with Gasteiger partial charge in [0.05, 0.1) is 5.56 Å². The molecule has 0 aliphatic rings. The molecule has 2 rings (SSSR count). The molecule has 0 aliphatic heterocycles. The molecule has 0 radical (unpaired) electrons. The van der Waals surface area contributed by atoms with Gasteiger partial charge < -0.3 is 0 Å². The van der Waals surface area contributed by atoms with Crippen molar-refractivity contribution in [2.24, 2.45) is 0 Å². The number of aryl methyl sites for hydroxylation is 1.